The Bertz CT molecular complexity index is 579. The molecule has 0 bridgehead atoms. The van der Waals surface area contributed by atoms with Crippen LogP contribution in [0.2, 0.25) is 0 Å². The van der Waals surface area contributed by atoms with Gasteiger partial charge in [-0.2, -0.15) is 0 Å². The van der Waals surface area contributed by atoms with Gasteiger partial charge >= 0.3 is 0 Å². The molecule has 0 radical (unpaired) electrons. The van der Waals surface area contributed by atoms with E-state index in [4.69, 9.17) is 4.74 Å². The van der Waals surface area contributed by atoms with Crippen molar-refractivity contribution in [2.24, 2.45) is 5.92 Å². The van der Waals surface area contributed by atoms with Crippen molar-refractivity contribution in [2.75, 3.05) is 0 Å². The molecule has 2 nitrogen and oxygen atoms in total. The van der Waals surface area contributed by atoms with E-state index >= 15 is 0 Å². The summed E-state index contributed by atoms with van der Waals surface area (Å²) in [5.74, 6) is 2.39. The molecule has 1 heterocycles. The first kappa shape index (κ1) is 13.2. The molecule has 1 aromatic heterocycles. The highest BCUT2D eigenvalue weighted by molar-refractivity contribution is 5.39. The first-order chi connectivity index (χ1) is 9.74. The van der Waals surface area contributed by atoms with Crippen molar-refractivity contribution < 1.29 is 4.74 Å². The van der Waals surface area contributed by atoms with Gasteiger partial charge in [0.2, 0.25) is 0 Å². The molecule has 0 fully saturated rings. The molecule has 0 amide bonds. The third-order valence-electron chi connectivity index (χ3n) is 4.44. The topological polar surface area (TPSA) is 22.1 Å². The summed E-state index contributed by atoms with van der Waals surface area (Å²) in [5, 5.41) is 0. The Morgan fingerprint density at radius 3 is 2.90 bits per heavy atom. The number of hydrogen-bond acceptors (Lipinski definition) is 2. The molecule has 2 aromatic rings. The van der Waals surface area contributed by atoms with Crippen molar-refractivity contribution in [1.82, 2.24) is 4.98 Å². The summed E-state index contributed by atoms with van der Waals surface area (Å²) in [4.78, 5) is 4.28. The molecule has 104 valence electrons. The highest BCUT2D eigenvalue weighted by Crippen LogP contribution is 2.37. The van der Waals surface area contributed by atoms with Crippen molar-refractivity contribution in [3.8, 4) is 5.75 Å². The Morgan fingerprint density at radius 1 is 1.20 bits per heavy atom. The maximum atomic E-state index is 5.86. The molecule has 1 aromatic carbocycles. The third-order valence-corrected chi connectivity index (χ3v) is 4.44. The predicted octanol–water partition coefficient (Wildman–Crippen LogP) is 4.35. The minimum atomic E-state index is 0.533. The quantitative estimate of drug-likeness (QED) is 0.825. The van der Waals surface area contributed by atoms with E-state index in [-0.39, 0.29) is 0 Å². The number of rotatable bonds is 3. The molecule has 2 atom stereocenters. The predicted molar refractivity (Wildman–Crippen MR) is 80.9 cm³/mol. The first-order valence-electron chi connectivity index (χ1n) is 7.39. The van der Waals surface area contributed by atoms with E-state index in [1.807, 2.05) is 18.2 Å². The average molecular weight is 267 g/mol. The SMILES string of the molecule is CC1c2ccc(OCc3ccccn3)cc2CC[C@@H]1C. The fraction of sp³-hybridized carbons (Fsp3) is 0.389. The highest BCUT2D eigenvalue weighted by Gasteiger charge is 2.22. The lowest BCUT2D eigenvalue weighted by atomic mass is 9.77. The maximum Gasteiger partial charge on any atom is 0.130 e. The summed E-state index contributed by atoms with van der Waals surface area (Å²) in [6.07, 6.45) is 4.24. The van der Waals surface area contributed by atoms with Gasteiger partial charge in [-0.1, -0.05) is 26.0 Å². The van der Waals surface area contributed by atoms with Crippen LogP contribution in [0.3, 0.4) is 0 Å². The Kier molecular flexibility index (Phi) is 3.72. The zero-order valence-corrected chi connectivity index (χ0v) is 12.2. The summed E-state index contributed by atoms with van der Waals surface area (Å²) < 4.78 is 5.86. The molecule has 0 aliphatic heterocycles. The van der Waals surface area contributed by atoms with Gasteiger partial charge in [-0.25, -0.2) is 0 Å². The number of pyridine rings is 1. The standard InChI is InChI=1S/C18H21NO/c1-13-6-7-15-11-17(8-9-18(15)14(13)2)20-12-16-5-3-4-10-19-16/h3-5,8-11,13-14H,6-7,12H2,1-2H3/t13-,14?/m0/s1. The fourth-order valence-electron chi connectivity index (χ4n) is 2.91. The molecule has 1 unspecified atom stereocenters. The third kappa shape index (κ3) is 2.69. The summed E-state index contributed by atoms with van der Waals surface area (Å²) in [7, 11) is 0. The monoisotopic (exact) mass is 267 g/mol. The van der Waals surface area contributed by atoms with E-state index in [2.05, 4.69) is 37.0 Å². The number of benzene rings is 1. The molecule has 0 saturated carbocycles. The van der Waals surface area contributed by atoms with Crippen LogP contribution in [0.5, 0.6) is 5.75 Å². The van der Waals surface area contributed by atoms with Crippen molar-refractivity contribution in [3.05, 3.63) is 59.4 Å². The van der Waals surface area contributed by atoms with Crippen LogP contribution >= 0.6 is 0 Å². The summed E-state index contributed by atoms with van der Waals surface area (Å²) in [6.45, 7) is 5.21. The lowest BCUT2D eigenvalue weighted by Crippen LogP contribution is -2.15. The second-order valence-corrected chi connectivity index (χ2v) is 5.78. The van der Waals surface area contributed by atoms with Gasteiger partial charge in [-0.05, 0) is 60.1 Å². The van der Waals surface area contributed by atoms with E-state index in [1.54, 1.807) is 6.20 Å². The van der Waals surface area contributed by atoms with Gasteiger partial charge in [0, 0.05) is 6.20 Å². The van der Waals surface area contributed by atoms with Crippen molar-refractivity contribution in [2.45, 2.75) is 39.2 Å². The van der Waals surface area contributed by atoms with Crippen LogP contribution in [-0.4, -0.2) is 4.98 Å². The molecule has 1 aliphatic rings. The zero-order valence-electron chi connectivity index (χ0n) is 12.2. The van der Waals surface area contributed by atoms with Gasteiger partial charge in [-0.15, -0.1) is 0 Å². The second-order valence-electron chi connectivity index (χ2n) is 5.78. The largest absolute Gasteiger partial charge is 0.487 e. The van der Waals surface area contributed by atoms with Crippen LogP contribution in [0.4, 0.5) is 0 Å². The van der Waals surface area contributed by atoms with E-state index in [9.17, 15) is 0 Å². The fourth-order valence-corrected chi connectivity index (χ4v) is 2.91. The van der Waals surface area contributed by atoms with E-state index in [0.29, 0.717) is 12.5 Å². The normalized spacial score (nSPS) is 21.3. The lowest BCUT2D eigenvalue weighted by molar-refractivity contribution is 0.300. The number of ether oxygens (including phenoxy) is 1. The average Bonchev–Trinajstić information content (AvgIpc) is 2.50. The highest BCUT2D eigenvalue weighted by atomic mass is 16.5. The number of hydrogen-bond donors (Lipinski definition) is 0. The van der Waals surface area contributed by atoms with Crippen LogP contribution in [-0.2, 0) is 13.0 Å². The van der Waals surface area contributed by atoms with Crippen LogP contribution in [0, 0.1) is 5.92 Å². The van der Waals surface area contributed by atoms with Gasteiger partial charge in [0.25, 0.3) is 0 Å². The lowest BCUT2D eigenvalue weighted by Gasteiger charge is -2.28. The van der Waals surface area contributed by atoms with Gasteiger partial charge in [0.1, 0.15) is 12.4 Å². The van der Waals surface area contributed by atoms with Crippen molar-refractivity contribution in [3.63, 3.8) is 0 Å². The number of fused-ring (bicyclic) bond motifs is 1. The first-order valence-corrected chi connectivity index (χ1v) is 7.39. The second kappa shape index (κ2) is 5.66. The van der Waals surface area contributed by atoms with Crippen molar-refractivity contribution >= 4 is 0 Å². The summed E-state index contributed by atoms with van der Waals surface area (Å²) >= 11 is 0. The molecule has 3 rings (SSSR count). The molecule has 0 spiro atoms. The maximum absolute atomic E-state index is 5.86. The van der Waals surface area contributed by atoms with E-state index < -0.39 is 0 Å². The number of nitrogens with zero attached hydrogens (tertiary/aromatic N) is 1. The number of aryl methyl sites for hydroxylation is 1. The van der Waals surface area contributed by atoms with Crippen LogP contribution in [0.15, 0.2) is 42.6 Å². The molecule has 0 N–H and O–H groups in total. The van der Waals surface area contributed by atoms with E-state index in [1.165, 1.54) is 24.0 Å². The summed E-state index contributed by atoms with van der Waals surface area (Å²) in [6, 6.07) is 12.4. The zero-order chi connectivity index (χ0) is 13.9. The van der Waals surface area contributed by atoms with E-state index in [0.717, 1.165) is 17.4 Å². The number of aromatic nitrogens is 1. The molecular formula is C18H21NO. The van der Waals surface area contributed by atoms with Crippen LogP contribution in [0.25, 0.3) is 0 Å². The van der Waals surface area contributed by atoms with Gasteiger partial charge in [-0.3, -0.25) is 4.98 Å². The van der Waals surface area contributed by atoms with Gasteiger partial charge in [0.15, 0.2) is 0 Å². The molecule has 0 saturated heterocycles. The van der Waals surface area contributed by atoms with Crippen LogP contribution < -0.4 is 4.74 Å². The Hall–Kier alpha value is -1.83. The summed E-state index contributed by atoms with van der Waals surface area (Å²) in [5.41, 5.74) is 3.91. The van der Waals surface area contributed by atoms with Crippen molar-refractivity contribution in [1.29, 1.82) is 0 Å². The molecular weight excluding hydrogens is 246 g/mol. The van der Waals surface area contributed by atoms with Gasteiger partial charge in [0.05, 0.1) is 5.69 Å². The Balaban J connectivity index is 1.73. The molecule has 20 heavy (non-hydrogen) atoms. The minimum Gasteiger partial charge on any atom is -0.487 e. The minimum absolute atomic E-state index is 0.533. The van der Waals surface area contributed by atoms with Crippen LogP contribution in [0.1, 0.15) is 43.0 Å². The molecule has 2 heteroatoms. The smallest absolute Gasteiger partial charge is 0.130 e. The Morgan fingerprint density at radius 2 is 2.10 bits per heavy atom. The Labute approximate surface area is 120 Å². The van der Waals surface area contributed by atoms with Gasteiger partial charge < -0.3 is 4.74 Å². The molecule has 1 aliphatic carbocycles.